The summed E-state index contributed by atoms with van der Waals surface area (Å²) in [6.45, 7) is 4.14. The average molecular weight is 267 g/mol. The van der Waals surface area contributed by atoms with E-state index in [0.717, 1.165) is 12.8 Å². The predicted molar refractivity (Wildman–Crippen MR) is 68.9 cm³/mol. The van der Waals surface area contributed by atoms with Crippen LogP contribution in [0.1, 0.15) is 26.2 Å². The highest BCUT2D eigenvalue weighted by Gasteiger charge is 2.04. The van der Waals surface area contributed by atoms with Crippen LogP contribution in [0.5, 0.6) is 0 Å². The first-order valence-electron chi connectivity index (χ1n) is 6.10. The van der Waals surface area contributed by atoms with E-state index in [1.54, 1.807) is 0 Å². The Hall–Kier alpha value is -0.170. The van der Waals surface area contributed by atoms with Crippen molar-refractivity contribution in [1.82, 2.24) is 5.32 Å². The summed E-state index contributed by atoms with van der Waals surface area (Å²) in [5.74, 6) is 0.184. The number of hydrogen-bond donors (Lipinski definition) is 2. The highest BCUT2D eigenvalue weighted by Crippen LogP contribution is 1.91. The molecule has 0 aromatic heterocycles. The van der Waals surface area contributed by atoms with Gasteiger partial charge in [-0.05, 0) is 19.4 Å². The minimum Gasteiger partial charge on any atom is -0.389 e. The lowest BCUT2D eigenvalue weighted by atomic mass is 10.3. The molecule has 5 nitrogen and oxygen atoms in total. The molecule has 0 aliphatic rings. The minimum absolute atomic E-state index is 0.184. The summed E-state index contributed by atoms with van der Waals surface area (Å²) in [6, 6.07) is 0. The third-order valence-electron chi connectivity index (χ3n) is 2.20. The molecule has 0 fully saturated rings. The van der Waals surface area contributed by atoms with Gasteiger partial charge in [0.15, 0.2) is 0 Å². The van der Waals surface area contributed by atoms with E-state index in [9.17, 15) is 13.5 Å². The first kappa shape index (κ1) is 16.8. The lowest BCUT2D eigenvalue weighted by molar-refractivity contribution is 0.0360. The Bertz CT molecular complexity index is 267. The van der Waals surface area contributed by atoms with Crippen LogP contribution in [0.4, 0.5) is 0 Å². The number of aliphatic hydroxyl groups excluding tert-OH is 1. The molecule has 0 heterocycles. The second-order valence-electron chi connectivity index (χ2n) is 4.27. The maximum absolute atomic E-state index is 10.8. The Labute approximate surface area is 104 Å². The van der Waals surface area contributed by atoms with E-state index in [1.165, 1.54) is 6.26 Å². The zero-order valence-electron chi connectivity index (χ0n) is 10.8. The Morgan fingerprint density at radius 3 is 2.65 bits per heavy atom. The highest BCUT2D eigenvalue weighted by atomic mass is 32.2. The number of unbranched alkanes of at least 4 members (excludes halogenated alkanes) is 1. The van der Waals surface area contributed by atoms with Crippen LogP contribution in [0.25, 0.3) is 0 Å². The molecule has 6 heteroatoms. The molecule has 0 amide bonds. The van der Waals surface area contributed by atoms with Crippen molar-refractivity contribution in [1.29, 1.82) is 0 Å². The van der Waals surface area contributed by atoms with E-state index < -0.39 is 15.9 Å². The minimum atomic E-state index is -2.87. The van der Waals surface area contributed by atoms with Gasteiger partial charge in [0.05, 0.1) is 18.5 Å². The number of ether oxygens (including phenoxy) is 1. The van der Waals surface area contributed by atoms with Crippen molar-refractivity contribution >= 4 is 9.84 Å². The molecular formula is C11H25NO4S. The summed E-state index contributed by atoms with van der Waals surface area (Å²) in [7, 11) is -2.87. The maximum atomic E-state index is 10.8. The van der Waals surface area contributed by atoms with Gasteiger partial charge < -0.3 is 15.2 Å². The SMILES string of the molecule is CCCCOCC(O)CNCCCS(C)(=O)=O. The Morgan fingerprint density at radius 1 is 1.35 bits per heavy atom. The summed E-state index contributed by atoms with van der Waals surface area (Å²) >= 11 is 0. The number of nitrogens with one attached hydrogen (secondary N) is 1. The second-order valence-corrected chi connectivity index (χ2v) is 6.53. The second kappa shape index (κ2) is 9.82. The zero-order chi connectivity index (χ0) is 13.1. The Kier molecular flexibility index (Phi) is 9.72. The van der Waals surface area contributed by atoms with Crippen molar-refractivity contribution < 1.29 is 18.3 Å². The van der Waals surface area contributed by atoms with Crippen molar-refractivity contribution in [2.45, 2.75) is 32.3 Å². The van der Waals surface area contributed by atoms with Crippen molar-refractivity contribution in [3.63, 3.8) is 0 Å². The molecule has 17 heavy (non-hydrogen) atoms. The van der Waals surface area contributed by atoms with Gasteiger partial charge in [-0.3, -0.25) is 0 Å². The third-order valence-corrected chi connectivity index (χ3v) is 3.23. The van der Waals surface area contributed by atoms with Gasteiger partial charge in [0, 0.05) is 19.4 Å². The smallest absolute Gasteiger partial charge is 0.147 e. The van der Waals surface area contributed by atoms with Crippen molar-refractivity contribution in [2.75, 3.05) is 38.3 Å². The summed E-state index contributed by atoms with van der Waals surface area (Å²) in [5.41, 5.74) is 0. The first-order valence-corrected chi connectivity index (χ1v) is 8.16. The van der Waals surface area contributed by atoms with E-state index in [2.05, 4.69) is 12.2 Å². The predicted octanol–water partition coefficient (Wildman–Crippen LogP) is 0.188. The van der Waals surface area contributed by atoms with Crippen LogP contribution in [-0.4, -0.2) is 57.9 Å². The summed E-state index contributed by atoms with van der Waals surface area (Å²) < 4.78 is 26.9. The standard InChI is InChI=1S/C11H25NO4S/c1-3-4-7-16-10-11(13)9-12-6-5-8-17(2,14)15/h11-13H,3-10H2,1-2H3. The molecule has 1 atom stereocenters. The number of hydrogen-bond acceptors (Lipinski definition) is 5. The number of rotatable bonds is 11. The molecule has 0 radical (unpaired) electrons. The fourth-order valence-electron chi connectivity index (χ4n) is 1.25. The molecule has 0 aromatic carbocycles. The van der Waals surface area contributed by atoms with Gasteiger partial charge in [-0.2, -0.15) is 0 Å². The van der Waals surface area contributed by atoms with E-state index in [0.29, 0.717) is 32.7 Å². The molecule has 0 bridgehead atoms. The van der Waals surface area contributed by atoms with E-state index in [4.69, 9.17) is 4.74 Å². The van der Waals surface area contributed by atoms with Gasteiger partial charge >= 0.3 is 0 Å². The molecule has 1 unspecified atom stereocenters. The highest BCUT2D eigenvalue weighted by molar-refractivity contribution is 7.90. The molecule has 0 spiro atoms. The third kappa shape index (κ3) is 13.8. The maximum Gasteiger partial charge on any atom is 0.147 e. The summed E-state index contributed by atoms with van der Waals surface area (Å²) in [5, 5.41) is 12.5. The lowest BCUT2D eigenvalue weighted by Gasteiger charge is -2.12. The van der Waals surface area contributed by atoms with Gasteiger partial charge in [-0.25, -0.2) is 8.42 Å². The van der Waals surface area contributed by atoms with E-state index in [1.807, 2.05) is 0 Å². The van der Waals surface area contributed by atoms with Gasteiger partial charge in [0.2, 0.25) is 0 Å². The topological polar surface area (TPSA) is 75.6 Å². The monoisotopic (exact) mass is 267 g/mol. The first-order chi connectivity index (χ1) is 7.95. The zero-order valence-corrected chi connectivity index (χ0v) is 11.6. The van der Waals surface area contributed by atoms with Crippen LogP contribution < -0.4 is 5.32 Å². The largest absolute Gasteiger partial charge is 0.389 e. The fourth-order valence-corrected chi connectivity index (χ4v) is 1.92. The van der Waals surface area contributed by atoms with E-state index in [-0.39, 0.29) is 5.75 Å². The van der Waals surface area contributed by atoms with Gasteiger partial charge in [0.25, 0.3) is 0 Å². The molecular weight excluding hydrogens is 242 g/mol. The normalized spacial score (nSPS) is 13.8. The van der Waals surface area contributed by atoms with Crippen LogP contribution in [0, 0.1) is 0 Å². The number of aliphatic hydroxyl groups is 1. The summed E-state index contributed by atoms with van der Waals surface area (Å²) in [4.78, 5) is 0. The molecule has 104 valence electrons. The molecule has 0 saturated carbocycles. The Morgan fingerprint density at radius 2 is 2.06 bits per heavy atom. The lowest BCUT2D eigenvalue weighted by Crippen LogP contribution is -2.31. The Balaban J connectivity index is 3.30. The van der Waals surface area contributed by atoms with Crippen LogP contribution in [-0.2, 0) is 14.6 Å². The van der Waals surface area contributed by atoms with Crippen LogP contribution in [0.3, 0.4) is 0 Å². The molecule has 0 aliphatic carbocycles. The van der Waals surface area contributed by atoms with Gasteiger partial charge in [-0.15, -0.1) is 0 Å². The van der Waals surface area contributed by atoms with Crippen LogP contribution in [0.15, 0.2) is 0 Å². The summed E-state index contributed by atoms with van der Waals surface area (Å²) in [6.07, 6.45) is 3.37. The molecule has 0 saturated heterocycles. The molecule has 0 aromatic rings. The van der Waals surface area contributed by atoms with E-state index >= 15 is 0 Å². The van der Waals surface area contributed by atoms with Crippen LogP contribution in [0.2, 0.25) is 0 Å². The molecule has 2 N–H and O–H groups in total. The van der Waals surface area contributed by atoms with Crippen molar-refractivity contribution in [3.05, 3.63) is 0 Å². The molecule has 0 rings (SSSR count). The number of sulfone groups is 1. The van der Waals surface area contributed by atoms with Gasteiger partial charge in [0.1, 0.15) is 9.84 Å². The quantitative estimate of drug-likeness (QED) is 0.523. The average Bonchev–Trinajstić information content (AvgIpc) is 2.22. The van der Waals surface area contributed by atoms with Crippen molar-refractivity contribution in [3.8, 4) is 0 Å². The van der Waals surface area contributed by atoms with Crippen LogP contribution >= 0.6 is 0 Å². The van der Waals surface area contributed by atoms with Gasteiger partial charge in [-0.1, -0.05) is 13.3 Å². The molecule has 0 aliphatic heterocycles. The fraction of sp³-hybridized carbons (Fsp3) is 1.00. The van der Waals surface area contributed by atoms with Crippen molar-refractivity contribution in [2.24, 2.45) is 0 Å².